The maximum atomic E-state index is 13.6. The maximum absolute atomic E-state index is 13.6. The van der Waals surface area contributed by atoms with Gasteiger partial charge in [-0.1, -0.05) is 66.7 Å². The summed E-state index contributed by atoms with van der Waals surface area (Å²) in [7, 11) is 0. The van der Waals surface area contributed by atoms with Crippen LogP contribution in [0.1, 0.15) is 34.1 Å². The number of imide groups is 1. The lowest BCUT2D eigenvalue weighted by Gasteiger charge is -2.45. The van der Waals surface area contributed by atoms with E-state index < -0.39 is 24.3 Å². The Morgan fingerprint density at radius 2 is 1.29 bits per heavy atom. The Labute approximate surface area is 201 Å². The lowest BCUT2D eigenvalue weighted by molar-refractivity contribution is -0.148. The minimum Gasteiger partial charge on any atom is -0.423 e. The number of esters is 1. The van der Waals surface area contributed by atoms with E-state index in [2.05, 4.69) is 29.2 Å². The molecule has 1 aromatic heterocycles. The van der Waals surface area contributed by atoms with E-state index in [1.807, 2.05) is 42.5 Å². The van der Waals surface area contributed by atoms with Gasteiger partial charge in [0, 0.05) is 23.4 Å². The predicted octanol–water partition coefficient (Wildman–Crippen LogP) is 4.03. The summed E-state index contributed by atoms with van der Waals surface area (Å²) in [5, 5.41) is 0.837. The van der Waals surface area contributed by atoms with Gasteiger partial charge in [-0.15, -0.1) is 0 Å². The van der Waals surface area contributed by atoms with E-state index in [1.54, 1.807) is 18.3 Å². The lowest BCUT2D eigenvalue weighted by atomic mass is 9.55. The van der Waals surface area contributed by atoms with Crippen molar-refractivity contribution < 1.29 is 19.1 Å². The number of fused-ring (bicyclic) bond motifs is 1. The Hall–Kier alpha value is -4.32. The van der Waals surface area contributed by atoms with Crippen molar-refractivity contribution in [3.05, 3.63) is 107 Å². The molecule has 2 atom stereocenters. The summed E-state index contributed by atoms with van der Waals surface area (Å²) in [6, 6.07) is 25.1. The van der Waals surface area contributed by atoms with Crippen molar-refractivity contribution in [3.63, 3.8) is 0 Å². The monoisotopic (exact) mass is 460 g/mol. The van der Waals surface area contributed by atoms with Crippen LogP contribution in [0.15, 0.2) is 85.1 Å². The zero-order valence-corrected chi connectivity index (χ0v) is 18.6. The Kier molecular flexibility index (Phi) is 4.21. The molecule has 6 heteroatoms. The molecule has 3 aromatic carbocycles. The van der Waals surface area contributed by atoms with Gasteiger partial charge in [0.15, 0.2) is 5.75 Å². The van der Waals surface area contributed by atoms with Crippen LogP contribution < -0.4 is 4.74 Å². The van der Waals surface area contributed by atoms with Crippen molar-refractivity contribution >= 4 is 28.7 Å². The van der Waals surface area contributed by atoms with Gasteiger partial charge in [0.2, 0.25) is 11.8 Å². The van der Waals surface area contributed by atoms with Crippen molar-refractivity contribution in [1.29, 1.82) is 0 Å². The van der Waals surface area contributed by atoms with Crippen LogP contribution in [0, 0.1) is 11.8 Å². The van der Waals surface area contributed by atoms with Crippen LogP contribution in [0.25, 0.3) is 10.9 Å². The number of hydrogen-bond acceptors (Lipinski definition) is 5. The van der Waals surface area contributed by atoms with E-state index in [1.165, 1.54) is 0 Å². The van der Waals surface area contributed by atoms with Gasteiger partial charge in [-0.05, 0) is 34.4 Å². The first-order chi connectivity index (χ1) is 17.1. The third kappa shape index (κ3) is 2.77. The van der Waals surface area contributed by atoms with Crippen LogP contribution in [0.2, 0.25) is 0 Å². The molecule has 0 radical (unpaired) electrons. The highest BCUT2D eigenvalue weighted by molar-refractivity contribution is 6.09. The predicted molar refractivity (Wildman–Crippen MR) is 128 cm³/mol. The van der Waals surface area contributed by atoms with E-state index in [0.29, 0.717) is 11.3 Å². The van der Waals surface area contributed by atoms with Crippen LogP contribution >= 0.6 is 0 Å². The normalized spacial score (nSPS) is 23.7. The summed E-state index contributed by atoms with van der Waals surface area (Å²) in [5.41, 5.74) is 4.96. The fourth-order valence-electron chi connectivity index (χ4n) is 6.34. The van der Waals surface area contributed by atoms with E-state index in [0.717, 1.165) is 32.5 Å². The average Bonchev–Trinajstić information content (AvgIpc) is 3.14. The van der Waals surface area contributed by atoms with Crippen molar-refractivity contribution in [3.8, 4) is 5.75 Å². The van der Waals surface area contributed by atoms with Crippen molar-refractivity contribution in [2.75, 3.05) is 6.54 Å². The van der Waals surface area contributed by atoms with E-state index >= 15 is 0 Å². The van der Waals surface area contributed by atoms with E-state index in [4.69, 9.17) is 4.74 Å². The first-order valence-electron chi connectivity index (χ1n) is 11.7. The number of para-hydroxylation sites is 1. The van der Waals surface area contributed by atoms with Gasteiger partial charge in [-0.3, -0.25) is 19.5 Å². The van der Waals surface area contributed by atoms with Gasteiger partial charge >= 0.3 is 5.97 Å². The number of nitrogens with zero attached hydrogens (tertiary/aromatic N) is 2. The minimum absolute atomic E-state index is 0.197. The number of likely N-dealkylation sites (tertiary alicyclic amines) is 1. The summed E-state index contributed by atoms with van der Waals surface area (Å²) in [6.07, 6.45) is 1.63. The van der Waals surface area contributed by atoms with Crippen molar-refractivity contribution in [2.24, 2.45) is 11.8 Å². The summed E-state index contributed by atoms with van der Waals surface area (Å²) >= 11 is 0. The van der Waals surface area contributed by atoms with Gasteiger partial charge < -0.3 is 4.74 Å². The highest BCUT2D eigenvalue weighted by Crippen LogP contribution is 2.60. The van der Waals surface area contributed by atoms with Gasteiger partial charge in [0.05, 0.1) is 11.8 Å². The molecule has 170 valence electrons. The Morgan fingerprint density at radius 3 is 1.86 bits per heavy atom. The van der Waals surface area contributed by atoms with E-state index in [9.17, 15) is 14.4 Å². The number of carbonyl (C=O) groups excluding carboxylic acids is 3. The number of aromatic nitrogens is 1. The standard InChI is InChI=1S/C29H20N2O4/c32-22(35-21-13-5-7-16-8-6-14-30-27(16)21)15-31-28(33)25-23-17-9-1-2-10-18(17)24(26(25)29(31)34)20-12-4-3-11-19(20)23/h1-14,23-26H,15H2/t23?,24?,25-,26-/m1/s1. The molecule has 0 unspecified atom stereocenters. The van der Waals surface area contributed by atoms with Crippen molar-refractivity contribution in [2.45, 2.75) is 11.8 Å². The molecule has 1 aliphatic heterocycles. The lowest BCUT2D eigenvalue weighted by Crippen LogP contribution is -2.41. The second-order valence-corrected chi connectivity index (χ2v) is 9.33. The number of benzene rings is 3. The molecule has 1 saturated heterocycles. The molecule has 0 spiro atoms. The van der Waals surface area contributed by atoms with Gasteiger partial charge in [-0.2, -0.15) is 0 Å². The molecule has 2 amide bonds. The molecular formula is C29H20N2O4. The molecule has 35 heavy (non-hydrogen) atoms. The second kappa shape index (κ2) is 7.34. The Balaban J connectivity index is 1.22. The molecule has 2 bridgehead atoms. The third-order valence-electron chi connectivity index (χ3n) is 7.65. The molecule has 4 aliphatic rings. The number of hydrogen-bond donors (Lipinski definition) is 0. The summed E-state index contributed by atoms with van der Waals surface area (Å²) in [4.78, 5) is 45.6. The Bertz CT molecular complexity index is 1440. The zero-order chi connectivity index (χ0) is 23.7. The SMILES string of the molecule is O=C(CN1C(=O)[C@@H]2C3c4ccccc4C(c4ccccc43)[C@H]2C1=O)Oc1cccc2cccnc12. The fraction of sp³-hybridized carbons (Fsp3) is 0.172. The summed E-state index contributed by atoms with van der Waals surface area (Å²) in [6.45, 7) is -0.417. The molecule has 6 nitrogen and oxygen atoms in total. The molecule has 1 fully saturated rings. The Morgan fingerprint density at radius 1 is 0.743 bits per heavy atom. The minimum atomic E-state index is -0.661. The molecular weight excluding hydrogens is 440 g/mol. The smallest absolute Gasteiger partial charge is 0.331 e. The third-order valence-corrected chi connectivity index (χ3v) is 7.65. The number of amides is 2. The van der Waals surface area contributed by atoms with Gasteiger partial charge in [0.1, 0.15) is 12.1 Å². The molecule has 4 aromatic rings. The second-order valence-electron chi connectivity index (χ2n) is 9.33. The van der Waals surface area contributed by atoms with Crippen LogP contribution in [-0.4, -0.2) is 34.2 Å². The topological polar surface area (TPSA) is 76.6 Å². The van der Waals surface area contributed by atoms with Crippen LogP contribution in [-0.2, 0) is 14.4 Å². The first kappa shape index (κ1) is 20.1. The van der Waals surface area contributed by atoms with Gasteiger partial charge in [0.25, 0.3) is 0 Å². The van der Waals surface area contributed by atoms with Crippen LogP contribution in [0.3, 0.4) is 0 Å². The number of ether oxygens (including phenoxy) is 1. The molecule has 3 aliphatic carbocycles. The van der Waals surface area contributed by atoms with Gasteiger partial charge in [-0.25, -0.2) is 4.79 Å². The molecule has 0 saturated carbocycles. The number of rotatable bonds is 3. The number of pyridine rings is 1. The average molecular weight is 460 g/mol. The molecule has 8 rings (SSSR count). The zero-order valence-electron chi connectivity index (χ0n) is 18.6. The highest BCUT2D eigenvalue weighted by Gasteiger charge is 2.61. The molecule has 2 heterocycles. The maximum Gasteiger partial charge on any atom is 0.331 e. The first-order valence-corrected chi connectivity index (χ1v) is 11.7. The van der Waals surface area contributed by atoms with E-state index in [-0.39, 0.29) is 23.7 Å². The largest absolute Gasteiger partial charge is 0.423 e. The summed E-state index contributed by atoms with van der Waals surface area (Å²) in [5.74, 6) is -2.36. The molecule has 0 N–H and O–H groups in total. The quantitative estimate of drug-likeness (QED) is 0.262. The fourth-order valence-corrected chi connectivity index (χ4v) is 6.34. The number of carbonyl (C=O) groups is 3. The summed E-state index contributed by atoms with van der Waals surface area (Å²) < 4.78 is 5.59. The van der Waals surface area contributed by atoms with Crippen LogP contribution in [0.5, 0.6) is 5.75 Å². The van der Waals surface area contributed by atoms with Crippen molar-refractivity contribution in [1.82, 2.24) is 9.88 Å². The highest BCUT2D eigenvalue weighted by atomic mass is 16.5. The van der Waals surface area contributed by atoms with Crippen LogP contribution in [0.4, 0.5) is 0 Å².